The lowest BCUT2D eigenvalue weighted by atomic mass is 10.2. The van der Waals surface area contributed by atoms with E-state index in [9.17, 15) is 0 Å². The molecule has 0 fully saturated rings. The van der Waals surface area contributed by atoms with Gasteiger partial charge in [-0.1, -0.05) is 12.1 Å². The van der Waals surface area contributed by atoms with Gasteiger partial charge in [-0.15, -0.1) is 10.2 Å². The SMILES string of the molecule is COc1ccc(C=Cc2nnco2)cc1. The van der Waals surface area contributed by atoms with Crippen molar-refractivity contribution in [3.05, 3.63) is 42.1 Å². The first-order valence-corrected chi connectivity index (χ1v) is 4.47. The molecule has 0 saturated heterocycles. The van der Waals surface area contributed by atoms with E-state index in [2.05, 4.69) is 10.2 Å². The van der Waals surface area contributed by atoms with Gasteiger partial charge in [-0.25, -0.2) is 0 Å². The summed E-state index contributed by atoms with van der Waals surface area (Å²) in [5.74, 6) is 1.33. The van der Waals surface area contributed by atoms with Crippen LogP contribution in [-0.4, -0.2) is 17.3 Å². The van der Waals surface area contributed by atoms with Crippen molar-refractivity contribution in [1.29, 1.82) is 0 Å². The molecule has 0 aliphatic rings. The van der Waals surface area contributed by atoms with E-state index in [1.165, 1.54) is 6.39 Å². The van der Waals surface area contributed by atoms with Gasteiger partial charge in [-0.05, 0) is 23.8 Å². The van der Waals surface area contributed by atoms with Crippen molar-refractivity contribution in [2.75, 3.05) is 7.11 Å². The molecule has 0 aliphatic carbocycles. The van der Waals surface area contributed by atoms with E-state index in [4.69, 9.17) is 9.15 Å². The number of nitrogens with zero attached hydrogens (tertiary/aromatic N) is 2. The zero-order valence-corrected chi connectivity index (χ0v) is 8.25. The van der Waals surface area contributed by atoms with E-state index in [1.807, 2.05) is 30.3 Å². The second kappa shape index (κ2) is 4.41. The third kappa shape index (κ3) is 2.43. The summed E-state index contributed by atoms with van der Waals surface area (Å²) in [7, 11) is 1.64. The Hall–Kier alpha value is -2.10. The molecule has 1 aromatic heterocycles. The maximum absolute atomic E-state index is 5.05. The van der Waals surface area contributed by atoms with Crippen molar-refractivity contribution in [3.8, 4) is 5.75 Å². The number of rotatable bonds is 3. The maximum Gasteiger partial charge on any atom is 0.240 e. The molecule has 0 atom stereocenters. The van der Waals surface area contributed by atoms with E-state index in [0.717, 1.165) is 11.3 Å². The van der Waals surface area contributed by atoms with Crippen LogP contribution in [0.3, 0.4) is 0 Å². The van der Waals surface area contributed by atoms with Gasteiger partial charge >= 0.3 is 0 Å². The summed E-state index contributed by atoms with van der Waals surface area (Å²) in [4.78, 5) is 0. The molecular formula is C11H10N2O2. The highest BCUT2D eigenvalue weighted by Crippen LogP contribution is 2.13. The molecule has 0 amide bonds. The van der Waals surface area contributed by atoms with Crippen LogP contribution >= 0.6 is 0 Å². The van der Waals surface area contributed by atoms with E-state index < -0.39 is 0 Å². The Morgan fingerprint density at radius 1 is 1.20 bits per heavy atom. The summed E-state index contributed by atoms with van der Waals surface area (Å²) in [5, 5.41) is 7.31. The number of aromatic nitrogens is 2. The van der Waals surface area contributed by atoms with E-state index in [-0.39, 0.29) is 0 Å². The quantitative estimate of drug-likeness (QED) is 0.765. The number of hydrogen-bond acceptors (Lipinski definition) is 4. The molecule has 4 heteroatoms. The van der Waals surface area contributed by atoms with Gasteiger partial charge in [0.05, 0.1) is 7.11 Å². The molecule has 76 valence electrons. The topological polar surface area (TPSA) is 48.2 Å². The number of ether oxygens (including phenoxy) is 1. The predicted octanol–water partition coefficient (Wildman–Crippen LogP) is 2.25. The summed E-state index contributed by atoms with van der Waals surface area (Å²) in [6, 6.07) is 7.69. The zero-order chi connectivity index (χ0) is 10.5. The fourth-order valence-corrected chi connectivity index (χ4v) is 1.14. The Bertz CT molecular complexity index is 432. The molecule has 0 N–H and O–H groups in total. The maximum atomic E-state index is 5.05. The van der Waals surface area contributed by atoms with Gasteiger partial charge in [-0.2, -0.15) is 0 Å². The van der Waals surface area contributed by atoms with Gasteiger partial charge in [0.1, 0.15) is 5.75 Å². The van der Waals surface area contributed by atoms with Crippen LogP contribution in [0.25, 0.3) is 12.2 Å². The molecule has 0 aliphatic heterocycles. The average molecular weight is 202 g/mol. The molecule has 0 saturated carbocycles. The van der Waals surface area contributed by atoms with Crippen molar-refractivity contribution in [1.82, 2.24) is 10.2 Å². The number of benzene rings is 1. The van der Waals surface area contributed by atoms with Gasteiger partial charge < -0.3 is 9.15 Å². The third-order valence-electron chi connectivity index (χ3n) is 1.91. The highest BCUT2D eigenvalue weighted by Gasteiger charge is 1.92. The van der Waals surface area contributed by atoms with Crippen LogP contribution in [0.1, 0.15) is 11.5 Å². The standard InChI is InChI=1S/C11H10N2O2/c1-14-10-5-2-9(3-6-10)4-7-11-13-12-8-15-11/h2-8H,1H3. The first-order valence-electron chi connectivity index (χ1n) is 4.47. The van der Waals surface area contributed by atoms with E-state index in [0.29, 0.717) is 5.89 Å². The van der Waals surface area contributed by atoms with Gasteiger partial charge in [0.25, 0.3) is 0 Å². The van der Waals surface area contributed by atoms with Gasteiger partial charge in [0.2, 0.25) is 12.3 Å². The Morgan fingerprint density at radius 3 is 2.60 bits per heavy atom. The molecule has 0 radical (unpaired) electrons. The molecule has 2 rings (SSSR count). The van der Waals surface area contributed by atoms with E-state index in [1.54, 1.807) is 13.2 Å². The lowest BCUT2D eigenvalue weighted by molar-refractivity contribution is 0.415. The first-order chi connectivity index (χ1) is 7.38. The van der Waals surface area contributed by atoms with Crippen molar-refractivity contribution in [2.24, 2.45) is 0 Å². The van der Waals surface area contributed by atoms with Crippen LogP contribution in [-0.2, 0) is 0 Å². The highest BCUT2D eigenvalue weighted by molar-refractivity contribution is 5.66. The minimum atomic E-state index is 0.491. The molecule has 0 spiro atoms. The number of hydrogen-bond donors (Lipinski definition) is 0. The normalized spacial score (nSPS) is 10.7. The van der Waals surface area contributed by atoms with Crippen LogP contribution in [0.4, 0.5) is 0 Å². The van der Waals surface area contributed by atoms with Crippen molar-refractivity contribution < 1.29 is 9.15 Å². The summed E-state index contributed by atoms with van der Waals surface area (Å²) in [5.41, 5.74) is 1.05. The molecule has 0 bridgehead atoms. The van der Waals surface area contributed by atoms with Crippen LogP contribution in [0.15, 0.2) is 35.1 Å². The second-order valence-electron chi connectivity index (χ2n) is 2.88. The predicted molar refractivity (Wildman–Crippen MR) is 56.2 cm³/mol. The van der Waals surface area contributed by atoms with E-state index >= 15 is 0 Å². The van der Waals surface area contributed by atoms with Crippen LogP contribution in [0, 0.1) is 0 Å². The summed E-state index contributed by atoms with van der Waals surface area (Å²) in [6.45, 7) is 0. The molecule has 1 aromatic carbocycles. The fraction of sp³-hybridized carbons (Fsp3) is 0.0909. The van der Waals surface area contributed by atoms with Crippen molar-refractivity contribution in [2.45, 2.75) is 0 Å². The van der Waals surface area contributed by atoms with Crippen LogP contribution < -0.4 is 4.74 Å². The molecular weight excluding hydrogens is 192 g/mol. The Kier molecular flexibility index (Phi) is 2.78. The smallest absolute Gasteiger partial charge is 0.240 e. The number of methoxy groups -OCH3 is 1. The minimum Gasteiger partial charge on any atom is -0.497 e. The van der Waals surface area contributed by atoms with Crippen molar-refractivity contribution >= 4 is 12.2 Å². The third-order valence-corrected chi connectivity index (χ3v) is 1.91. The van der Waals surface area contributed by atoms with Crippen LogP contribution in [0.5, 0.6) is 5.75 Å². The molecule has 4 nitrogen and oxygen atoms in total. The lowest BCUT2D eigenvalue weighted by Crippen LogP contribution is -1.81. The summed E-state index contributed by atoms with van der Waals surface area (Å²) >= 11 is 0. The largest absolute Gasteiger partial charge is 0.497 e. The zero-order valence-electron chi connectivity index (χ0n) is 8.25. The fourth-order valence-electron chi connectivity index (χ4n) is 1.14. The molecule has 0 unspecified atom stereocenters. The van der Waals surface area contributed by atoms with Gasteiger partial charge in [-0.3, -0.25) is 0 Å². The Labute approximate surface area is 87.2 Å². The molecule has 2 aromatic rings. The molecule has 15 heavy (non-hydrogen) atoms. The summed E-state index contributed by atoms with van der Waals surface area (Å²) in [6.07, 6.45) is 4.95. The van der Waals surface area contributed by atoms with Gasteiger partial charge in [0.15, 0.2) is 0 Å². The monoisotopic (exact) mass is 202 g/mol. The average Bonchev–Trinajstić information content (AvgIpc) is 2.80. The highest BCUT2D eigenvalue weighted by atomic mass is 16.5. The van der Waals surface area contributed by atoms with Crippen LogP contribution in [0.2, 0.25) is 0 Å². The summed E-state index contributed by atoms with van der Waals surface area (Å²) < 4.78 is 10.0. The second-order valence-corrected chi connectivity index (χ2v) is 2.88. The minimum absolute atomic E-state index is 0.491. The molecule has 1 heterocycles. The van der Waals surface area contributed by atoms with Crippen molar-refractivity contribution in [3.63, 3.8) is 0 Å². The Balaban J connectivity index is 2.11. The Morgan fingerprint density at radius 2 is 2.00 bits per heavy atom. The lowest BCUT2D eigenvalue weighted by Gasteiger charge is -1.98. The van der Waals surface area contributed by atoms with Gasteiger partial charge in [0, 0.05) is 6.08 Å². The first kappa shape index (κ1) is 9.45.